The number of benzene rings is 2. The quantitative estimate of drug-likeness (QED) is 0.398. The first-order valence-electron chi connectivity index (χ1n) is 10.4. The molecule has 33 heavy (non-hydrogen) atoms. The van der Waals surface area contributed by atoms with Crippen molar-refractivity contribution in [3.05, 3.63) is 57.5 Å². The van der Waals surface area contributed by atoms with Gasteiger partial charge in [-0.05, 0) is 68.8 Å². The van der Waals surface area contributed by atoms with Crippen LogP contribution < -0.4 is 4.31 Å². The van der Waals surface area contributed by atoms with Crippen LogP contribution in [0.4, 0.5) is 5.69 Å². The number of carbonyl (C=O) groups is 1. The number of aliphatic carboxylic acids is 1. The smallest absolute Gasteiger partial charge is 0.305 e. The van der Waals surface area contributed by atoms with Crippen LogP contribution in [0.15, 0.2) is 47.4 Å². The summed E-state index contributed by atoms with van der Waals surface area (Å²) in [5.74, 6) is 0.0754. The zero-order chi connectivity index (χ0) is 24.2. The topological polar surface area (TPSA) is 77.9 Å². The molecule has 0 aromatic heterocycles. The average molecular weight is 552 g/mol. The standard InChI is InChI=1S/C22H25Cl3N2O4S2/c1-15(3-2-10-26-11-12-32-21(26)14-22(28)29)27(20-13-17(24)6-9-19(20)25)33(30,31)18-7-4-16(23)5-8-18/h4-9,13,15,21H,2-3,10-12,14H2,1H3,(H,28,29)/t15-,21?/m1/s1. The highest BCUT2D eigenvalue weighted by Crippen LogP contribution is 2.36. The minimum Gasteiger partial charge on any atom is -0.481 e. The Balaban J connectivity index is 1.82. The molecule has 0 saturated carbocycles. The number of sulfonamides is 1. The van der Waals surface area contributed by atoms with Crippen LogP contribution in [0.2, 0.25) is 15.1 Å². The van der Waals surface area contributed by atoms with E-state index in [1.807, 2.05) is 6.92 Å². The Morgan fingerprint density at radius 2 is 1.85 bits per heavy atom. The number of hydrogen-bond donors (Lipinski definition) is 1. The SMILES string of the molecule is C[C@H](CCCN1CCSC1CC(=O)O)N(c1cc(Cl)ccc1Cl)S(=O)(=O)c1ccc(Cl)cc1. The number of carboxylic acids is 1. The van der Waals surface area contributed by atoms with Crippen LogP contribution in [0.25, 0.3) is 0 Å². The van der Waals surface area contributed by atoms with Crippen molar-refractivity contribution in [1.29, 1.82) is 0 Å². The summed E-state index contributed by atoms with van der Waals surface area (Å²) in [5.41, 5.74) is 0.312. The lowest BCUT2D eigenvalue weighted by Gasteiger charge is -2.32. The van der Waals surface area contributed by atoms with Gasteiger partial charge in [-0.15, -0.1) is 11.8 Å². The van der Waals surface area contributed by atoms with E-state index in [2.05, 4.69) is 4.90 Å². The lowest BCUT2D eigenvalue weighted by molar-refractivity contribution is -0.137. The summed E-state index contributed by atoms with van der Waals surface area (Å²) in [7, 11) is -3.95. The third kappa shape index (κ3) is 6.71. The van der Waals surface area contributed by atoms with E-state index in [-0.39, 0.29) is 21.7 Å². The lowest BCUT2D eigenvalue weighted by atomic mass is 10.1. The van der Waals surface area contributed by atoms with Crippen molar-refractivity contribution in [3.8, 4) is 0 Å². The Labute approximate surface area is 213 Å². The molecule has 6 nitrogen and oxygen atoms in total. The van der Waals surface area contributed by atoms with Gasteiger partial charge in [0.05, 0.1) is 27.4 Å². The molecule has 1 N–H and O–H groups in total. The largest absolute Gasteiger partial charge is 0.481 e. The van der Waals surface area contributed by atoms with Crippen LogP contribution in [0.1, 0.15) is 26.2 Å². The Bertz CT molecular complexity index is 1080. The summed E-state index contributed by atoms with van der Waals surface area (Å²) in [6.07, 6.45) is 1.34. The molecular formula is C22H25Cl3N2O4S2. The van der Waals surface area contributed by atoms with Crippen LogP contribution in [0, 0.1) is 0 Å². The maximum Gasteiger partial charge on any atom is 0.305 e. The second kappa shape index (κ2) is 11.5. The Kier molecular flexibility index (Phi) is 9.23. The summed E-state index contributed by atoms with van der Waals surface area (Å²) in [4.78, 5) is 13.4. The monoisotopic (exact) mass is 550 g/mol. The van der Waals surface area contributed by atoms with Gasteiger partial charge in [0.1, 0.15) is 0 Å². The molecule has 1 saturated heterocycles. The van der Waals surface area contributed by atoms with Crippen molar-refractivity contribution >= 4 is 68.2 Å². The van der Waals surface area contributed by atoms with Crippen molar-refractivity contribution in [2.75, 3.05) is 23.1 Å². The summed E-state index contributed by atoms with van der Waals surface area (Å²) in [6, 6.07) is 10.3. The van der Waals surface area contributed by atoms with Crippen LogP contribution in [-0.4, -0.2) is 54.7 Å². The van der Waals surface area contributed by atoms with Gasteiger partial charge in [0, 0.05) is 28.4 Å². The maximum absolute atomic E-state index is 13.6. The van der Waals surface area contributed by atoms with Crippen molar-refractivity contribution in [2.24, 2.45) is 0 Å². The molecular weight excluding hydrogens is 527 g/mol. The summed E-state index contributed by atoms with van der Waals surface area (Å²) in [6.45, 7) is 3.34. The molecule has 1 aliphatic rings. The van der Waals surface area contributed by atoms with E-state index in [0.717, 1.165) is 12.3 Å². The average Bonchev–Trinajstić information content (AvgIpc) is 3.17. The molecule has 0 aliphatic carbocycles. The minimum atomic E-state index is -3.95. The van der Waals surface area contributed by atoms with Crippen LogP contribution in [0.3, 0.4) is 0 Å². The Morgan fingerprint density at radius 3 is 2.52 bits per heavy atom. The molecule has 1 aliphatic heterocycles. The zero-order valence-corrected chi connectivity index (χ0v) is 21.9. The highest BCUT2D eigenvalue weighted by Gasteiger charge is 2.32. The predicted octanol–water partition coefficient (Wildman–Crippen LogP) is 5.86. The van der Waals surface area contributed by atoms with Gasteiger partial charge < -0.3 is 5.11 Å². The highest BCUT2D eigenvalue weighted by molar-refractivity contribution is 8.00. The maximum atomic E-state index is 13.6. The van der Waals surface area contributed by atoms with E-state index < -0.39 is 22.0 Å². The molecule has 11 heteroatoms. The molecule has 0 radical (unpaired) electrons. The van der Waals surface area contributed by atoms with Gasteiger partial charge in [0.15, 0.2) is 0 Å². The molecule has 1 fully saturated rings. The summed E-state index contributed by atoms with van der Waals surface area (Å²) >= 11 is 20.2. The Morgan fingerprint density at radius 1 is 1.18 bits per heavy atom. The van der Waals surface area contributed by atoms with Crippen LogP contribution in [-0.2, 0) is 14.8 Å². The van der Waals surface area contributed by atoms with Gasteiger partial charge in [0.2, 0.25) is 0 Å². The van der Waals surface area contributed by atoms with Crippen molar-refractivity contribution in [1.82, 2.24) is 4.90 Å². The van der Waals surface area contributed by atoms with Gasteiger partial charge in [-0.2, -0.15) is 0 Å². The zero-order valence-electron chi connectivity index (χ0n) is 18.0. The van der Waals surface area contributed by atoms with E-state index in [4.69, 9.17) is 39.9 Å². The molecule has 180 valence electrons. The Hall–Kier alpha value is -1.16. The molecule has 0 bridgehead atoms. The molecule has 0 spiro atoms. The number of hydrogen-bond acceptors (Lipinski definition) is 5. The number of rotatable bonds is 10. The summed E-state index contributed by atoms with van der Waals surface area (Å²) in [5, 5.41) is 10.2. The molecule has 3 rings (SSSR count). The minimum absolute atomic E-state index is 0.0471. The molecule has 2 aromatic rings. The number of anilines is 1. The predicted molar refractivity (Wildman–Crippen MR) is 136 cm³/mol. The number of carboxylic acid groups (broad SMARTS) is 1. The molecule has 0 amide bonds. The number of thioether (sulfide) groups is 1. The second-order valence-electron chi connectivity index (χ2n) is 7.80. The van der Waals surface area contributed by atoms with Gasteiger partial charge >= 0.3 is 5.97 Å². The van der Waals surface area contributed by atoms with Gasteiger partial charge in [-0.25, -0.2) is 8.42 Å². The lowest BCUT2D eigenvalue weighted by Crippen LogP contribution is -2.40. The van der Waals surface area contributed by atoms with E-state index in [0.29, 0.717) is 35.1 Å². The highest BCUT2D eigenvalue weighted by atomic mass is 35.5. The fourth-order valence-corrected chi connectivity index (χ4v) is 7.38. The van der Waals surface area contributed by atoms with E-state index in [9.17, 15) is 13.2 Å². The molecule has 1 heterocycles. The molecule has 1 unspecified atom stereocenters. The number of nitrogens with zero attached hydrogens (tertiary/aromatic N) is 2. The van der Waals surface area contributed by atoms with E-state index in [1.165, 1.54) is 28.6 Å². The molecule has 2 aromatic carbocycles. The van der Waals surface area contributed by atoms with Crippen molar-refractivity contribution in [3.63, 3.8) is 0 Å². The van der Waals surface area contributed by atoms with Crippen molar-refractivity contribution in [2.45, 2.75) is 42.5 Å². The first-order valence-corrected chi connectivity index (χ1v) is 14.0. The van der Waals surface area contributed by atoms with E-state index >= 15 is 0 Å². The van der Waals surface area contributed by atoms with Crippen LogP contribution >= 0.6 is 46.6 Å². The third-order valence-electron chi connectivity index (χ3n) is 5.43. The van der Waals surface area contributed by atoms with Gasteiger partial charge in [-0.1, -0.05) is 34.8 Å². The fraction of sp³-hybridized carbons (Fsp3) is 0.409. The van der Waals surface area contributed by atoms with Crippen molar-refractivity contribution < 1.29 is 18.3 Å². The van der Waals surface area contributed by atoms with Gasteiger partial charge in [0.25, 0.3) is 10.0 Å². The fourth-order valence-electron chi connectivity index (χ4n) is 3.83. The third-order valence-corrected chi connectivity index (χ3v) is 9.45. The molecule has 2 atom stereocenters. The first-order chi connectivity index (χ1) is 15.6. The second-order valence-corrected chi connectivity index (χ2v) is 12.2. The number of halogens is 3. The van der Waals surface area contributed by atoms with E-state index in [1.54, 1.807) is 30.0 Å². The van der Waals surface area contributed by atoms with Gasteiger partial charge in [-0.3, -0.25) is 14.0 Å². The van der Waals surface area contributed by atoms with Crippen LogP contribution in [0.5, 0.6) is 0 Å². The first kappa shape index (κ1) is 26.4. The normalized spacial score (nSPS) is 17.8. The summed E-state index contributed by atoms with van der Waals surface area (Å²) < 4.78 is 28.6.